The highest BCUT2D eigenvalue weighted by Gasteiger charge is 2.12. The van der Waals surface area contributed by atoms with Gasteiger partial charge in [-0.2, -0.15) is 4.68 Å². The van der Waals surface area contributed by atoms with Gasteiger partial charge in [0.25, 0.3) is 0 Å². The van der Waals surface area contributed by atoms with E-state index in [2.05, 4.69) is 20.8 Å². The largest absolute Gasteiger partial charge is 0.495 e. The Labute approximate surface area is 155 Å². The van der Waals surface area contributed by atoms with E-state index < -0.39 is 0 Å². The summed E-state index contributed by atoms with van der Waals surface area (Å²) in [4.78, 5) is 12.2. The first kappa shape index (κ1) is 17.9. The molecule has 26 heavy (non-hydrogen) atoms. The van der Waals surface area contributed by atoms with Crippen molar-refractivity contribution >= 4 is 23.4 Å². The molecule has 0 aliphatic carbocycles. The molecule has 0 aliphatic rings. The molecular weight excluding hydrogens is 350 g/mol. The molecule has 0 atom stereocenters. The van der Waals surface area contributed by atoms with Gasteiger partial charge < -0.3 is 10.1 Å². The van der Waals surface area contributed by atoms with Crippen molar-refractivity contribution in [3.8, 4) is 11.4 Å². The van der Waals surface area contributed by atoms with Crippen LogP contribution in [0.1, 0.15) is 12.0 Å². The van der Waals surface area contributed by atoms with Crippen LogP contribution in [-0.2, 0) is 4.79 Å². The van der Waals surface area contributed by atoms with E-state index >= 15 is 0 Å². The number of aryl methyl sites for hydroxylation is 1. The first-order valence-electron chi connectivity index (χ1n) is 8.09. The number of ether oxygens (including phenoxy) is 1. The Morgan fingerprint density at radius 2 is 1.96 bits per heavy atom. The first-order valence-corrected chi connectivity index (χ1v) is 9.07. The van der Waals surface area contributed by atoms with Gasteiger partial charge in [-0.1, -0.05) is 42.1 Å². The van der Waals surface area contributed by atoms with Crippen molar-refractivity contribution in [2.75, 3.05) is 18.2 Å². The Hall–Kier alpha value is -2.87. The Bertz CT molecular complexity index is 897. The fourth-order valence-corrected chi connectivity index (χ4v) is 3.24. The van der Waals surface area contributed by atoms with E-state index in [4.69, 9.17) is 4.74 Å². The lowest BCUT2D eigenvalue weighted by Gasteiger charge is -2.10. The van der Waals surface area contributed by atoms with Gasteiger partial charge in [0.1, 0.15) is 5.75 Å². The highest BCUT2D eigenvalue weighted by molar-refractivity contribution is 7.99. The molecular formula is C18H19N5O2S. The molecule has 0 radical (unpaired) electrons. The predicted octanol–water partition coefficient (Wildman–Crippen LogP) is 3.10. The zero-order valence-electron chi connectivity index (χ0n) is 14.5. The number of hydrogen-bond acceptors (Lipinski definition) is 6. The zero-order valence-corrected chi connectivity index (χ0v) is 15.4. The van der Waals surface area contributed by atoms with E-state index in [0.29, 0.717) is 28.8 Å². The molecule has 0 saturated carbocycles. The number of thioether (sulfide) groups is 1. The molecule has 2 aromatic carbocycles. The molecule has 3 rings (SSSR count). The van der Waals surface area contributed by atoms with Crippen LogP contribution >= 0.6 is 11.8 Å². The summed E-state index contributed by atoms with van der Waals surface area (Å²) >= 11 is 1.44. The van der Waals surface area contributed by atoms with Gasteiger partial charge in [-0.05, 0) is 41.1 Å². The first-order chi connectivity index (χ1) is 12.7. The molecule has 0 spiro atoms. The summed E-state index contributed by atoms with van der Waals surface area (Å²) in [6.45, 7) is 2.01. The van der Waals surface area contributed by atoms with Gasteiger partial charge >= 0.3 is 0 Å². The molecule has 8 heteroatoms. The molecule has 1 heterocycles. The summed E-state index contributed by atoms with van der Waals surface area (Å²) in [7, 11) is 1.58. The van der Waals surface area contributed by atoms with Gasteiger partial charge in [-0.3, -0.25) is 4.79 Å². The fourth-order valence-electron chi connectivity index (χ4n) is 2.42. The normalized spacial score (nSPS) is 10.5. The molecule has 1 amide bonds. The number of hydrogen-bond donors (Lipinski definition) is 1. The topological polar surface area (TPSA) is 81.9 Å². The van der Waals surface area contributed by atoms with E-state index in [1.807, 2.05) is 49.4 Å². The molecule has 1 N–H and O–H groups in total. The molecule has 3 aromatic rings. The summed E-state index contributed by atoms with van der Waals surface area (Å²) in [6, 6.07) is 15.2. The van der Waals surface area contributed by atoms with Gasteiger partial charge in [0.2, 0.25) is 11.1 Å². The number of methoxy groups -OCH3 is 1. The lowest BCUT2D eigenvalue weighted by Crippen LogP contribution is -2.13. The number of carbonyl (C=O) groups is 1. The van der Waals surface area contributed by atoms with Gasteiger partial charge in [0.15, 0.2) is 0 Å². The molecule has 0 aliphatic heterocycles. The number of nitrogens with zero attached hydrogens (tertiary/aromatic N) is 4. The number of anilines is 1. The highest BCUT2D eigenvalue weighted by atomic mass is 32.2. The van der Waals surface area contributed by atoms with Gasteiger partial charge in [-0.25, -0.2) is 0 Å². The third-order valence-electron chi connectivity index (χ3n) is 3.73. The molecule has 0 saturated heterocycles. The SMILES string of the molecule is COc1ccccc1NC(=O)CCSc1nnnn1-c1ccccc1C. The monoisotopic (exact) mass is 369 g/mol. The molecule has 134 valence electrons. The summed E-state index contributed by atoms with van der Waals surface area (Å²) in [5.74, 6) is 1.11. The number of rotatable bonds is 7. The minimum atomic E-state index is -0.0862. The number of carbonyl (C=O) groups excluding carboxylic acids is 1. The average Bonchev–Trinajstić information content (AvgIpc) is 3.11. The third kappa shape index (κ3) is 4.20. The summed E-state index contributed by atoms with van der Waals surface area (Å²) in [5, 5.41) is 15.4. The van der Waals surface area contributed by atoms with Crippen molar-refractivity contribution in [3.05, 3.63) is 54.1 Å². The maximum atomic E-state index is 12.2. The van der Waals surface area contributed by atoms with E-state index in [-0.39, 0.29) is 5.91 Å². The maximum absolute atomic E-state index is 12.2. The van der Waals surface area contributed by atoms with Gasteiger partial charge in [-0.15, -0.1) is 5.10 Å². The van der Waals surface area contributed by atoms with Crippen molar-refractivity contribution in [1.82, 2.24) is 20.2 Å². The predicted molar refractivity (Wildman–Crippen MR) is 101 cm³/mol. The average molecular weight is 369 g/mol. The zero-order chi connectivity index (χ0) is 18.4. The van der Waals surface area contributed by atoms with Crippen molar-refractivity contribution in [2.24, 2.45) is 0 Å². The lowest BCUT2D eigenvalue weighted by atomic mass is 10.2. The summed E-state index contributed by atoms with van der Waals surface area (Å²) in [5.41, 5.74) is 2.67. The Morgan fingerprint density at radius 3 is 2.77 bits per heavy atom. The van der Waals surface area contributed by atoms with Crippen molar-refractivity contribution < 1.29 is 9.53 Å². The van der Waals surface area contributed by atoms with Crippen molar-refractivity contribution in [2.45, 2.75) is 18.5 Å². The Kier molecular flexibility index (Phi) is 5.85. The second-order valence-corrected chi connectivity index (χ2v) is 6.57. The van der Waals surface area contributed by atoms with E-state index in [9.17, 15) is 4.79 Å². The van der Waals surface area contributed by atoms with Crippen LogP contribution in [0.15, 0.2) is 53.7 Å². The Balaban J connectivity index is 1.58. The van der Waals surface area contributed by atoms with E-state index in [0.717, 1.165) is 11.3 Å². The Morgan fingerprint density at radius 1 is 1.19 bits per heavy atom. The van der Waals surface area contributed by atoms with Gasteiger partial charge in [0.05, 0.1) is 18.5 Å². The highest BCUT2D eigenvalue weighted by Crippen LogP contribution is 2.24. The summed E-state index contributed by atoms with van der Waals surface area (Å²) < 4.78 is 6.93. The molecule has 1 aromatic heterocycles. The quantitative estimate of drug-likeness (QED) is 0.645. The molecule has 0 bridgehead atoms. The molecule has 7 nitrogen and oxygen atoms in total. The van der Waals surface area contributed by atoms with Crippen LogP contribution in [-0.4, -0.2) is 39.0 Å². The third-order valence-corrected chi connectivity index (χ3v) is 4.65. The standard InChI is InChI=1S/C18H19N5O2S/c1-13-7-3-5-9-15(13)23-18(20-21-22-23)26-12-11-17(24)19-14-8-4-6-10-16(14)25-2/h3-10H,11-12H2,1-2H3,(H,19,24). The fraction of sp³-hybridized carbons (Fsp3) is 0.222. The number of nitrogens with one attached hydrogen (secondary N) is 1. The number of amides is 1. The van der Waals surface area contributed by atoms with Crippen LogP contribution < -0.4 is 10.1 Å². The van der Waals surface area contributed by atoms with Crippen LogP contribution in [0.25, 0.3) is 5.69 Å². The molecule has 0 fully saturated rings. The second-order valence-electron chi connectivity index (χ2n) is 5.51. The van der Waals surface area contributed by atoms with Gasteiger partial charge in [0, 0.05) is 12.2 Å². The minimum Gasteiger partial charge on any atom is -0.495 e. The number of tetrazole rings is 1. The minimum absolute atomic E-state index is 0.0862. The van der Waals surface area contributed by atoms with Crippen molar-refractivity contribution in [3.63, 3.8) is 0 Å². The summed E-state index contributed by atoms with van der Waals surface area (Å²) in [6.07, 6.45) is 0.337. The van der Waals surface area contributed by atoms with Crippen molar-refractivity contribution in [1.29, 1.82) is 0 Å². The number of para-hydroxylation sites is 3. The van der Waals surface area contributed by atoms with Crippen LogP contribution in [0.5, 0.6) is 5.75 Å². The van der Waals surface area contributed by atoms with E-state index in [1.165, 1.54) is 11.8 Å². The van der Waals surface area contributed by atoms with Crippen LogP contribution in [0.4, 0.5) is 5.69 Å². The van der Waals surface area contributed by atoms with E-state index in [1.54, 1.807) is 17.9 Å². The smallest absolute Gasteiger partial charge is 0.225 e. The number of benzene rings is 2. The molecule has 0 unspecified atom stereocenters. The maximum Gasteiger partial charge on any atom is 0.225 e. The number of aromatic nitrogens is 4. The second kappa shape index (κ2) is 8.48. The lowest BCUT2D eigenvalue weighted by molar-refractivity contribution is -0.115. The van der Waals surface area contributed by atoms with Crippen LogP contribution in [0, 0.1) is 6.92 Å². The van der Waals surface area contributed by atoms with Crippen LogP contribution in [0.2, 0.25) is 0 Å². The van der Waals surface area contributed by atoms with Crippen LogP contribution in [0.3, 0.4) is 0 Å².